The number of amides is 1. The lowest BCUT2D eigenvalue weighted by Gasteiger charge is -2.13. The summed E-state index contributed by atoms with van der Waals surface area (Å²) in [6.07, 6.45) is 0.644. The molecule has 0 saturated carbocycles. The van der Waals surface area contributed by atoms with E-state index in [-0.39, 0.29) is 0 Å². The Morgan fingerprint density at radius 2 is 1.71 bits per heavy atom. The molecule has 3 aromatic rings. The lowest BCUT2D eigenvalue weighted by Crippen LogP contribution is -2.33. The normalized spacial score (nSPS) is 11.7. The topological polar surface area (TPSA) is 77.0 Å². The Morgan fingerprint density at radius 1 is 1.03 bits per heavy atom. The molecule has 1 N–H and O–H groups in total. The highest BCUT2D eigenvalue weighted by Gasteiger charge is 2.14. The van der Waals surface area contributed by atoms with E-state index in [9.17, 15) is 9.59 Å². The number of rotatable bonds is 7. The molecule has 0 bridgehead atoms. The van der Waals surface area contributed by atoms with Crippen molar-refractivity contribution in [3.63, 3.8) is 0 Å². The highest BCUT2D eigenvalue weighted by atomic mass is 79.9. The number of halogens is 2. The van der Waals surface area contributed by atoms with Crippen LogP contribution >= 0.6 is 27.5 Å². The van der Waals surface area contributed by atoms with Gasteiger partial charge in [0, 0.05) is 15.1 Å². The number of nitrogens with zero attached hydrogens (tertiary/aromatic N) is 1. The van der Waals surface area contributed by atoms with Crippen LogP contribution in [0.25, 0.3) is 0 Å². The monoisotopic (exact) mass is 500 g/mol. The molecule has 0 saturated heterocycles. The molecular weight excluding hydrogens is 484 g/mol. The smallest absolute Gasteiger partial charge is 0.343 e. The van der Waals surface area contributed by atoms with E-state index >= 15 is 0 Å². The molecule has 0 unspecified atom stereocenters. The van der Waals surface area contributed by atoms with Crippen LogP contribution < -0.4 is 14.9 Å². The number of carbonyl (C=O) groups is 2. The predicted octanol–water partition coefficient (Wildman–Crippen LogP) is 5.24. The van der Waals surface area contributed by atoms with Crippen molar-refractivity contribution in [3.05, 3.63) is 93.4 Å². The molecule has 1 amide bonds. The highest BCUT2D eigenvalue weighted by molar-refractivity contribution is 9.10. The van der Waals surface area contributed by atoms with Crippen LogP contribution in [0.3, 0.4) is 0 Å². The number of hydrogen-bond donors (Lipinski definition) is 1. The van der Waals surface area contributed by atoms with Gasteiger partial charge in [0.15, 0.2) is 6.10 Å². The van der Waals surface area contributed by atoms with Gasteiger partial charge in [0.1, 0.15) is 11.5 Å². The Bertz CT molecular complexity index is 1090. The summed E-state index contributed by atoms with van der Waals surface area (Å²) in [5.41, 5.74) is 3.31. The van der Waals surface area contributed by atoms with Crippen molar-refractivity contribution in [1.29, 1.82) is 0 Å². The van der Waals surface area contributed by atoms with Crippen LogP contribution in [0.5, 0.6) is 11.5 Å². The number of nitrogens with one attached hydrogen (secondary N) is 1. The minimum absolute atomic E-state index is 0.305. The van der Waals surface area contributed by atoms with Crippen molar-refractivity contribution < 1.29 is 19.1 Å². The first kappa shape index (κ1) is 22.5. The van der Waals surface area contributed by atoms with Crippen molar-refractivity contribution in [3.8, 4) is 11.5 Å². The van der Waals surface area contributed by atoms with Crippen LogP contribution in [0.4, 0.5) is 0 Å². The van der Waals surface area contributed by atoms with Crippen molar-refractivity contribution in [1.82, 2.24) is 5.43 Å². The summed E-state index contributed by atoms with van der Waals surface area (Å²) in [6, 6.07) is 20.4. The third-order valence-corrected chi connectivity index (χ3v) is 4.86. The van der Waals surface area contributed by atoms with Crippen molar-refractivity contribution in [2.24, 2.45) is 5.10 Å². The Balaban J connectivity index is 1.60. The van der Waals surface area contributed by atoms with Crippen molar-refractivity contribution in [2.45, 2.75) is 13.0 Å². The van der Waals surface area contributed by atoms with E-state index in [2.05, 4.69) is 26.5 Å². The molecule has 31 heavy (non-hydrogen) atoms. The standard InChI is InChI=1S/C23H18BrClN2O4/c1-15(30-20-12-8-18(24)9-13-20)22(28)27-26-14-17-4-2-3-5-21(17)31-23(29)16-6-10-19(25)11-7-16/h2-15H,1H3,(H,27,28)/b26-14-/t15-/m0/s1. The molecule has 0 aliphatic rings. The lowest BCUT2D eigenvalue weighted by atomic mass is 10.2. The van der Waals surface area contributed by atoms with Crippen molar-refractivity contribution >= 4 is 45.6 Å². The quantitative estimate of drug-likeness (QED) is 0.208. The number of benzene rings is 3. The molecule has 3 rings (SSSR count). The van der Waals surface area contributed by atoms with Crippen LogP contribution in [-0.4, -0.2) is 24.2 Å². The van der Waals surface area contributed by atoms with Crippen LogP contribution in [-0.2, 0) is 4.79 Å². The van der Waals surface area contributed by atoms with E-state index in [0.717, 1.165) is 4.47 Å². The first-order valence-electron chi connectivity index (χ1n) is 9.24. The highest BCUT2D eigenvalue weighted by Crippen LogP contribution is 2.19. The number of esters is 1. The molecule has 0 aromatic heterocycles. The second-order valence-electron chi connectivity index (χ2n) is 6.38. The summed E-state index contributed by atoms with van der Waals surface area (Å²) >= 11 is 9.19. The van der Waals surface area contributed by atoms with Gasteiger partial charge in [-0.2, -0.15) is 5.10 Å². The fourth-order valence-corrected chi connectivity index (χ4v) is 2.84. The maximum Gasteiger partial charge on any atom is 0.343 e. The molecule has 0 fully saturated rings. The number of ether oxygens (including phenoxy) is 2. The van der Waals surface area contributed by atoms with Gasteiger partial charge >= 0.3 is 5.97 Å². The number of para-hydroxylation sites is 1. The molecule has 0 aliphatic heterocycles. The van der Waals surface area contributed by atoms with Gasteiger partial charge in [-0.3, -0.25) is 4.79 Å². The summed E-state index contributed by atoms with van der Waals surface area (Å²) in [4.78, 5) is 24.6. The van der Waals surface area contributed by atoms with Gasteiger partial charge in [-0.25, -0.2) is 10.2 Å². The molecular formula is C23H18BrClN2O4. The number of carbonyl (C=O) groups excluding carboxylic acids is 2. The van der Waals surface area contributed by atoms with Gasteiger partial charge in [-0.05, 0) is 67.6 Å². The van der Waals surface area contributed by atoms with E-state index in [1.54, 1.807) is 67.6 Å². The van der Waals surface area contributed by atoms with E-state index in [0.29, 0.717) is 27.6 Å². The number of hydrazone groups is 1. The Labute approximate surface area is 193 Å². The predicted molar refractivity (Wildman–Crippen MR) is 123 cm³/mol. The molecule has 158 valence electrons. The van der Waals surface area contributed by atoms with E-state index in [4.69, 9.17) is 21.1 Å². The Kier molecular flexibility index (Phi) is 7.81. The Hall–Kier alpha value is -3.16. The van der Waals surface area contributed by atoms with E-state index in [1.165, 1.54) is 6.21 Å². The van der Waals surface area contributed by atoms with Gasteiger partial charge in [-0.1, -0.05) is 39.7 Å². The largest absolute Gasteiger partial charge is 0.481 e. The average molecular weight is 502 g/mol. The molecule has 1 atom stereocenters. The van der Waals surface area contributed by atoms with Crippen molar-refractivity contribution in [2.75, 3.05) is 0 Å². The van der Waals surface area contributed by atoms with Gasteiger partial charge in [-0.15, -0.1) is 0 Å². The average Bonchev–Trinajstić information content (AvgIpc) is 2.76. The third kappa shape index (κ3) is 6.67. The van der Waals surface area contributed by atoms with Gasteiger partial charge in [0.05, 0.1) is 11.8 Å². The van der Waals surface area contributed by atoms with E-state index < -0.39 is 18.0 Å². The maximum atomic E-state index is 12.3. The minimum Gasteiger partial charge on any atom is -0.481 e. The molecule has 6 nitrogen and oxygen atoms in total. The third-order valence-electron chi connectivity index (χ3n) is 4.08. The zero-order valence-electron chi connectivity index (χ0n) is 16.4. The molecule has 8 heteroatoms. The van der Waals surface area contributed by atoms with Crippen LogP contribution in [0, 0.1) is 0 Å². The SMILES string of the molecule is C[C@H](Oc1ccc(Br)cc1)C(=O)N/N=C\c1ccccc1OC(=O)c1ccc(Cl)cc1. The minimum atomic E-state index is -0.753. The second-order valence-corrected chi connectivity index (χ2v) is 7.73. The fraction of sp³-hybridized carbons (Fsp3) is 0.0870. The Morgan fingerprint density at radius 3 is 2.42 bits per heavy atom. The molecule has 0 radical (unpaired) electrons. The van der Waals surface area contributed by atoms with Crippen LogP contribution in [0.1, 0.15) is 22.8 Å². The molecule has 0 spiro atoms. The fourth-order valence-electron chi connectivity index (χ4n) is 2.45. The molecule has 0 aliphatic carbocycles. The summed E-state index contributed by atoms with van der Waals surface area (Å²) < 4.78 is 11.9. The first-order chi connectivity index (χ1) is 14.9. The zero-order chi connectivity index (χ0) is 22.2. The summed E-state index contributed by atoms with van der Waals surface area (Å²) in [6.45, 7) is 1.62. The first-order valence-corrected chi connectivity index (χ1v) is 10.4. The van der Waals surface area contributed by atoms with Gasteiger partial charge in [0.25, 0.3) is 5.91 Å². The molecule has 3 aromatic carbocycles. The zero-order valence-corrected chi connectivity index (χ0v) is 18.8. The lowest BCUT2D eigenvalue weighted by molar-refractivity contribution is -0.127. The summed E-state index contributed by atoms with van der Waals surface area (Å²) in [7, 11) is 0. The maximum absolute atomic E-state index is 12.3. The van der Waals surface area contributed by atoms with E-state index in [1.807, 2.05) is 12.1 Å². The van der Waals surface area contributed by atoms with Gasteiger partial charge < -0.3 is 9.47 Å². The second kappa shape index (κ2) is 10.7. The van der Waals surface area contributed by atoms with Gasteiger partial charge in [0.2, 0.25) is 0 Å². The van der Waals surface area contributed by atoms with Crippen LogP contribution in [0.2, 0.25) is 5.02 Å². The molecule has 0 heterocycles. The number of hydrogen-bond acceptors (Lipinski definition) is 5. The van der Waals surface area contributed by atoms with Crippen LogP contribution in [0.15, 0.2) is 82.4 Å². The summed E-state index contributed by atoms with van der Waals surface area (Å²) in [5.74, 6) is -0.0817. The summed E-state index contributed by atoms with van der Waals surface area (Å²) in [5, 5.41) is 4.48.